The molecule has 1 aliphatic rings. The molecule has 1 aliphatic heterocycles. The molecule has 0 bridgehead atoms. The van der Waals surface area contributed by atoms with E-state index in [-0.39, 0.29) is 6.29 Å². The molecule has 4 nitrogen and oxygen atoms in total. The second-order valence-corrected chi connectivity index (χ2v) is 3.13. The van der Waals surface area contributed by atoms with Crippen LogP contribution in [0.15, 0.2) is 12.2 Å². The molecule has 80 valence electrons. The minimum absolute atomic E-state index is 0.0348. The lowest BCUT2D eigenvalue weighted by molar-refractivity contribution is -0.155. The maximum Gasteiger partial charge on any atom is 0.207 e. The number of rotatable bonds is 6. The van der Waals surface area contributed by atoms with Crippen LogP contribution in [-0.4, -0.2) is 32.5 Å². The van der Waals surface area contributed by atoms with Crippen LogP contribution in [0.2, 0.25) is 0 Å². The molecule has 0 aromatic carbocycles. The van der Waals surface area contributed by atoms with Crippen LogP contribution in [0, 0.1) is 0 Å². The van der Waals surface area contributed by atoms with Crippen molar-refractivity contribution in [2.45, 2.75) is 25.6 Å². The Balaban J connectivity index is 1.96. The topological polar surface area (TPSA) is 47.6 Å². The maximum absolute atomic E-state index is 9.89. The summed E-state index contributed by atoms with van der Waals surface area (Å²) in [6.45, 7) is 1.91. The average molecular weight is 199 g/mol. The lowest BCUT2D eigenvalue weighted by atomic mass is 10.2. The highest BCUT2D eigenvalue weighted by atomic mass is 16.7. The third-order valence-electron chi connectivity index (χ3n) is 2.00. The van der Waals surface area contributed by atoms with Gasteiger partial charge in [0.05, 0.1) is 6.61 Å². The standard InChI is InChI=1S/C10H17NO3/c12-9-11-6-2-4-8-14-10-5-1-3-7-13-10/h2,4,9-10H,1,3,5-8H2,(H,11,12)/b4-2-. The van der Waals surface area contributed by atoms with Crippen molar-refractivity contribution in [2.24, 2.45) is 0 Å². The number of ether oxygens (including phenoxy) is 2. The molecule has 1 fully saturated rings. The largest absolute Gasteiger partial charge is 0.355 e. The van der Waals surface area contributed by atoms with Gasteiger partial charge < -0.3 is 14.8 Å². The van der Waals surface area contributed by atoms with Crippen molar-refractivity contribution in [2.75, 3.05) is 19.8 Å². The Morgan fingerprint density at radius 1 is 1.43 bits per heavy atom. The molecule has 0 aromatic rings. The third kappa shape index (κ3) is 4.99. The first-order chi connectivity index (χ1) is 6.93. The van der Waals surface area contributed by atoms with Crippen molar-refractivity contribution >= 4 is 6.41 Å². The minimum Gasteiger partial charge on any atom is -0.355 e. The van der Waals surface area contributed by atoms with Gasteiger partial charge in [0.25, 0.3) is 0 Å². The van der Waals surface area contributed by atoms with Gasteiger partial charge in [-0.05, 0) is 19.3 Å². The summed E-state index contributed by atoms with van der Waals surface area (Å²) in [5.41, 5.74) is 0. The number of carbonyl (C=O) groups excluding carboxylic acids is 1. The molecular weight excluding hydrogens is 182 g/mol. The van der Waals surface area contributed by atoms with Crippen LogP contribution in [0.5, 0.6) is 0 Å². The molecule has 1 heterocycles. The van der Waals surface area contributed by atoms with Crippen molar-refractivity contribution in [1.82, 2.24) is 5.32 Å². The van der Waals surface area contributed by atoms with Crippen LogP contribution in [0.4, 0.5) is 0 Å². The zero-order valence-corrected chi connectivity index (χ0v) is 8.28. The van der Waals surface area contributed by atoms with Crippen molar-refractivity contribution in [1.29, 1.82) is 0 Å². The van der Waals surface area contributed by atoms with Crippen LogP contribution in [0.25, 0.3) is 0 Å². The average Bonchev–Trinajstić information content (AvgIpc) is 2.25. The van der Waals surface area contributed by atoms with Crippen LogP contribution in [0.3, 0.4) is 0 Å². The maximum atomic E-state index is 9.89. The first kappa shape index (κ1) is 11.2. The second kappa shape index (κ2) is 7.53. The number of carbonyl (C=O) groups is 1. The second-order valence-electron chi connectivity index (χ2n) is 3.13. The molecule has 4 heteroatoms. The Kier molecular flexibility index (Phi) is 6.02. The Morgan fingerprint density at radius 3 is 3.07 bits per heavy atom. The van der Waals surface area contributed by atoms with Gasteiger partial charge in [0.2, 0.25) is 6.41 Å². The zero-order chi connectivity index (χ0) is 10.1. The van der Waals surface area contributed by atoms with Crippen molar-refractivity contribution in [3.05, 3.63) is 12.2 Å². The van der Waals surface area contributed by atoms with Crippen molar-refractivity contribution < 1.29 is 14.3 Å². The monoisotopic (exact) mass is 199 g/mol. The summed E-state index contributed by atoms with van der Waals surface area (Å²) in [5, 5.41) is 2.53. The van der Waals surface area contributed by atoms with E-state index in [1.54, 1.807) is 0 Å². The molecular formula is C10H17NO3. The number of hydrogen-bond donors (Lipinski definition) is 1. The summed E-state index contributed by atoms with van der Waals surface area (Å²) in [7, 11) is 0. The van der Waals surface area contributed by atoms with Gasteiger partial charge in [0.15, 0.2) is 6.29 Å². The molecule has 1 rings (SSSR count). The molecule has 0 aliphatic carbocycles. The van der Waals surface area contributed by atoms with Gasteiger partial charge >= 0.3 is 0 Å². The van der Waals surface area contributed by atoms with Gasteiger partial charge in [-0.2, -0.15) is 0 Å². The van der Waals surface area contributed by atoms with Crippen molar-refractivity contribution in [3.8, 4) is 0 Å². The van der Waals surface area contributed by atoms with Gasteiger partial charge in [0.1, 0.15) is 0 Å². The first-order valence-corrected chi connectivity index (χ1v) is 4.98. The lowest BCUT2D eigenvalue weighted by Crippen LogP contribution is -2.22. The quantitative estimate of drug-likeness (QED) is 0.391. The third-order valence-corrected chi connectivity index (χ3v) is 2.00. The lowest BCUT2D eigenvalue weighted by Gasteiger charge is -2.21. The summed E-state index contributed by atoms with van der Waals surface area (Å²) in [4.78, 5) is 9.89. The molecule has 0 spiro atoms. The summed E-state index contributed by atoms with van der Waals surface area (Å²) in [6, 6.07) is 0. The highest BCUT2D eigenvalue weighted by Gasteiger charge is 2.12. The number of amides is 1. The van der Waals surface area contributed by atoms with Crippen LogP contribution >= 0.6 is 0 Å². The van der Waals surface area contributed by atoms with E-state index in [0.717, 1.165) is 19.4 Å². The molecule has 0 aromatic heterocycles. The van der Waals surface area contributed by atoms with Crippen LogP contribution in [-0.2, 0) is 14.3 Å². The summed E-state index contributed by atoms with van der Waals surface area (Å²) in [5.74, 6) is 0. The predicted octanol–water partition coefficient (Wildman–Crippen LogP) is 0.832. The van der Waals surface area contributed by atoms with E-state index in [4.69, 9.17) is 9.47 Å². The Morgan fingerprint density at radius 2 is 2.36 bits per heavy atom. The van der Waals surface area contributed by atoms with Crippen molar-refractivity contribution in [3.63, 3.8) is 0 Å². The Hall–Kier alpha value is -0.870. The molecule has 1 atom stereocenters. The molecule has 0 radical (unpaired) electrons. The van der Waals surface area contributed by atoms with Gasteiger partial charge in [-0.3, -0.25) is 4.79 Å². The zero-order valence-electron chi connectivity index (χ0n) is 8.28. The van der Waals surface area contributed by atoms with E-state index in [1.165, 1.54) is 6.42 Å². The van der Waals surface area contributed by atoms with Gasteiger partial charge in [-0.1, -0.05) is 12.2 Å². The fourth-order valence-corrected chi connectivity index (χ4v) is 1.27. The van der Waals surface area contributed by atoms with E-state index in [1.807, 2.05) is 12.2 Å². The molecule has 0 saturated carbocycles. The minimum atomic E-state index is -0.0348. The van der Waals surface area contributed by atoms with Crippen LogP contribution < -0.4 is 5.32 Å². The highest BCUT2D eigenvalue weighted by Crippen LogP contribution is 2.13. The van der Waals surface area contributed by atoms with Gasteiger partial charge in [0, 0.05) is 13.2 Å². The van der Waals surface area contributed by atoms with Gasteiger partial charge in [-0.15, -0.1) is 0 Å². The van der Waals surface area contributed by atoms with E-state index >= 15 is 0 Å². The first-order valence-electron chi connectivity index (χ1n) is 4.98. The highest BCUT2D eigenvalue weighted by molar-refractivity contribution is 5.46. The fourth-order valence-electron chi connectivity index (χ4n) is 1.27. The number of hydrogen-bond acceptors (Lipinski definition) is 3. The smallest absolute Gasteiger partial charge is 0.207 e. The summed E-state index contributed by atoms with van der Waals surface area (Å²) < 4.78 is 10.8. The molecule has 1 unspecified atom stereocenters. The Labute approximate surface area is 84.3 Å². The Bertz CT molecular complexity index is 176. The predicted molar refractivity (Wildman–Crippen MR) is 52.7 cm³/mol. The van der Waals surface area contributed by atoms with E-state index < -0.39 is 0 Å². The van der Waals surface area contributed by atoms with Gasteiger partial charge in [-0.25, -0.2) is 0 Å². The molecule has 1 N–H and O–H groups in total. The SMILES string of the molecule is O=CNC/C=C\COC1CCCCO1. The fraction of sp³-hybridized carbons (Fsp3) is 0.700. The van der Waals surface area contributed by atoms with Crippen LogP contribution in [0.1, 0.15) is 19.3 Å². The number of nitrogens with one attached hydrogen (secondary N) is 1. The molecule has 1 amide bonds. The van der Waals surface area contributed by atoms with E-state index in [2.05, 4.69) is 5.32 Å². The molecule has 14 heavy (non-hydrogen) atoms. The summed E-state index contributed by atoms with van der Waals surface area (Å²) in [6.07, 6.45) is 7.69. The van der Waals surface area contributed by atoms with E-state index in [9.17, 15) is 4.79 Å². The van der Waals surface area contributed by atoms with E-state index in [0.29, 0.717) is 19.6 Å². The molecule has 1 saturated heterocycles. The summed E-state index contributed by atoms with van der Waals surface area (Å²) >= 11 is 0. The normalized spacial score (nSPS) is 22.4.